The van der Waals surface area contributed by atoms with Gasteiger partial charge in [-0.2, -0.15) is 0 Å². The van der Waals surface area contributed by atoms with Crippen molar-refractivity contribution in [1.29, 1.82) is 0 Å². The summed E-state index contributed by atoms with van der Waals surface area (Å²) in [6.45, 7) is 3.72. The Morgan fingerprint density at radius 1 is 1.47 bits per heavy atom. The van der Waals surface area contributed by atoms with Gasteiger partial charge in [0.05, 0.1) is 0 Å². The zero-order valence-corrected chi connectivity index (χ0v) is 9.38. The highest BCUT2D eigenvalue weighted by atomic mass is 32.2. The van der Waals surface area contributed by atoms with Crippen molar-refractivity contribution in [3.05, 3.63) is 18.2 Å². The van der Waals surface area contributed by atoms with Gasteiger partial charge in [0.25, 0.3) is 5.22 Å². The van der Waals surface area contributed by atoms with Gasteiger partial charge in [0, 0.05) is 10.9 Å². The number of hydrogen-bond donors (Lipinski definition) is 1. The molecule has 5 heteroatoms. The normalized spacial score (nSPS) is 13.5. The summed E-state index contributed by atoms with van der Waals surface area (Å²) in [5.41, 5.74) is 7.50. The van der Waals surface area contributed by atoms with Crippen LogP contribution in [0.15, 0.2) is 27.8 Å². The van der Waals surface area contributed by atoms with E-state index in [-0.39, 0.29) is 10.5 Å². The fraction of sp³-hybridized carbons (Fsp3) is 0.300. The number of rotatable bonds is 2. The third-order valence-corrected chi connectivity index (χ3v) is 3.37. The molecule has 1 unspecified atom stereocenters. The zero-order chi connectivity index (χ0) is 11.0. The lowest BCUT2D eigenvalue weighted by Crippen LogP contribution is -2.05. The van der Waals surface area contributed by atoms with Crippen molar-refractivity contribution < 1.29 is 8.63 Å². The lowest BCUT2D eigenvalue weighted by atomic mass is 10.3. The molecule has 0 aliphatic rings. The highest BCUT2D eigenvalue weighted by Crippen LogP contribution is 2.21. The number of nitrogens with zero attached hydrogens (tertiary/aromatic N) is 1. The summed E-state index contributed by atoms with van der Waals surface area (Å²) in [5.74, 6) is 0. The second-order valence-electron chi connectivity index (χ2n) is 3.55. The van der Waals surface area contributed by atoms with E-state index in [0.29, 0.717) is 16.8 Å². The molecule has 1 atom stereocenters. The minimum absolute atomic E-state index is 0.00425. The van der Waals surface area contributed by atoms with Crippen LogP contribution in [0.25, 0.3) is 11.1 Å². The van der Waals surface area contributed by atoms with Gasteiger partial charge in [0.1, 0.15) is 16.3 Å². The SMILES string of the molecule is CC(C)S(=O)c1nc2cc(N)ccc2o1. The van der Waals surface area contributed by atoms with Crippen molar-refractivity contribution in [1.82, 2.24) is 4.98 Å². The summed E-state index contributed by atoms with van der Waals surface area (Å²) in [4.78, 5) is 4.15. The van der Waals surface area contributed by atoms with Crippen LogP contribution < -0.4 is 5.73 Å². The molecule has 0 aliphatic heterocycles. The summed E-state index contributed by atoms with van der Waals surface area (Å²) >= 11 is 0. The predicted octanol–water partition coefficient (Wildman–Crippen LogP) is 1.93. The molecule has 0 bridgehead atoms. The molecule has 0 fully saturated rings. The van der Waals surface area contributed by atoms with Crippen LogP contribution in [-0.2, 0) is 10.8 Å². The average molecular weight is 224 g/mol. The van der Waals surface area contributed by atoms with Crippen LogP contribution in [0.5, 0.6) is 0 Å². The first-order valence-electron chi connectivity index (χ1n) is 4.64. The number of aromatic nitrogens is 1. The van der Waals surface area contributed by atoms with Gasteiger partial charge in [-0.25, -0.2) is 9.19 Å². The van der Waals surface area contributed by atoms with E-state index in [1.54, 1.807) is 18.2 Å². The lowest BCUT2D eigenvalue weighted by molar-refractivity contribution is 0.476. The van der Waals surface area contributed by atoms with Gasteiger partial charge in [-0.1, -0.05) is 13.8 Å². The van der Waals surface area contributed by atoms with Gasteiger partial charge in [0.2, 0.25) is 0 Å². The molecule has 80 valence electrons. The van der Waals surface area contributed by atoms with E-state index in [2.05, 4.69) is 4.98 Å². The Hall–Kier alpha value is -1.36. The van der Waals surface area contributed by atoms with E-state index in [1.807, 2.05) is 13.8 Å². The van der Waals surface area contributed by atoms with E-state index in [0.717, 1.165) is 0 Å². The summed E-state index contributed by atoms with van der Waals surface area (Å²) in [6, 6.07) is 5.17. The molecule has 1 aromatic heterocycles. The van der Waals surface area contributed by atoms with Crippen LogP contribution in [0.2, 0.25) is 0 Å². The Bertz CT molecular complexity index is 519. The minimum Gasteiger partial charge on any atom is -0.430 e. The van der Waals surface area contributed by atoms with E-state index < -0.39 is 10.8 Å². The molecule has 0 saturated carbocycles. The Morgan fingerprint density at radius 3 is 2.87 bits per heavy atom. The average Bonchev–Trinajstić information content (AvgIpc) is 2.58. The smallest absolute Gasteiger partial charge is 0.288 e. The third kappa shape index (κ3) is 1.87. The zero-order valence-electron chi connectivity index (χ0n) is 8.56. The third-order valence-electron chi connectivity index (χ3n) is 1.99. The minimum atomic E-state index is -1.19. The molecule has 1 heterocycles. The second-order valence-corrected chi connectivity index (χ2v) is 5.44. The Morgan fingerprint density at radius 2 is 2.20 bits per heavy atom. The van der Waals surface area contributed by atoms with Crippen molar-refractivity contribution in [2.24, 2.45) is 0 Å². The van der Waals surface area contributed by atoms with Gasteiger partial charge in [-0.05, 0) is 18.2 Å². The number of oxazole rings is 1. The fourth-order valence-corrected chi connectivity index (χ4v) is 1.97. The van der Waals surface area contributed by atoms with E-state index >= 15 is 0 Å². The van der Waals surface area contributed by atoms with Gasteiger partial charge < -0.3 is 10.2 Å². The largest absolute Gasteiger partial charge is 0.430 e. The van der Waals surface area contributed by atoms with Crippen LogP contribution in [0, 0.1) is 0 Å². The Balaban J connectivity index is 2.52. The van der Waals surface area contributed by atoms with Crippen molar-refractivity contribution in [3.8, 4) is 0 Å². The molecule has 0 amide bonds. The molecule has 15 heavy (non-hydrogen) atoms. The fourth-order valence-electron chi connectivity index (χ4n) is 1.21. The standard InChI is InChI=1S/C10H12N2O2S/c1-6(2)15(13)10-12-8-5-7(11)3-4-9(8)14-10/h3-6H,11H2,1-2H3. The van der Waals surface area contributed by atoms with Crippen LogP contribution in [0.1, 0.15) is 13.8 Å². The first-order valence-corrected chi connectivity index (χ1v) is 5.86. The van der Waals surface area contributed by atoms with E-state index in [9.17, 15) is 4.21 Å². The summed E-state index contributed by atoms with van der Waals surface area (Å²) in [6.07, 6.45) is 0. The maximum atomic E-state index is 11.7. The Labute approximate surface area is 89.9 Å². The predicted molar refractivity (Wildman–Crippen MR) is 60.0 cm³/mol. The molecule has 2 rings (SSSR count). The molecular weight excluding hydrogens is 212 g/mol. The van der Waals surface area contributed by atoms with Gasteiger partial charge in [-0.15, -0.1) is 0 Å². The van der Waals surface area contributed by atoms with Gasteiger partial charge >= 0.3 is 0 Å². The van der Waals surface area contributed by atoms with Crippen molar-refractivity contribution in [3.63, 3.8) is 0 Å². The molecule has 1 aromatic carbocycles. The monoisotopic (exact) mass is 224 g/mol. The number of anilines is 1. The highest BCUT2D eigenvalue weighted by Gasteiger charge is 2.15. The number of benzene rings is 1. The number of nitrogens with two attached hydrogens (primary N) is 1. The quantitative estimate of drug-likeness (QED) is 0.791. The lowest BCUT2D eigenvalue weighted by Gasteiger charge is -1.97. The summed E-state index contributed by atoms with van der Waals surface area (Å²) in [5, 5.41) is 0.265. The molecule has 0 aliphatic carbocycles. The van der Waals surface area contributed by atoms with Crippen molar-refractivity contribution in [2.45, 2.75) is 24.3 Å². The number of fused-ring (bicyclic) bond motifs is 1. The van der Waals surface area contributed by atoms with Crippen molar-refractivity contribution in [2.75, 3.05) is 5.73 Å². The maximum absolute atomic E-state index is 11.7. The summed E-state index contributed by atoms with van der Waals surface area (Å²) in [7, 11) is -1.19. The van der Waals surface area contributed by atoms with E-state index in [1.165, 1.54) is 0 Å². The van der Waals surface area contributed by atoms with Crippen LogP contribution in [-0.4, -0.2) is 14.4 Å². The topological polar surface area (TPSA) is 69.1 Å². The number of hydrogen-bond acceptors (Lipinski definition) is 4. The Kier molecular flexibility index (Phi) is 2.48. The highest BCUT2D eigenvalue weighted by molar-refractivity contribution is 7.85. The van der Waals surface area contributed by atoms with Crippen LogP contribution >= 0.6 is 0 Å². The first kappa shape index (κ1) is 10.2. The molecule has 0 spiro atoms. The number of nitrogen functional groups attached to an aromatic ring is 1. The molecular formula is C10H12N2O2S. The van der Waals surface area contributed by atoms with E-state index in [4.69, 9.17) is 10.2 Å². The van der Waals surface area contributed by atoms with Gasteiger partial charge in [0.15, 0.2) is 5.58 Å². The second kappa shape index (κ2) is 3.66. The van der Waals surface area contributed by atoms with Crippen LogP contribution in [0.4, 0.5) is 5.69 Å². The summed E-state index contributed by atoms with van der Waals surface area (Å²) < 4.78 is 17.1. The molecule has 0 radical (unpaired) electrons. The molecule has 2 aromatic rings. The van der Waals surface area contributed by atoms with Gasteiger partial charge in [-0.3, -0.25) is 0 Å². The first-order chi connectivity index (χ1) is 7.08. The molecule has 2 N–H and O–H groups in total. The van der Waals surface area contributed by atoms with Crippen LogP contribution in [0.3, 0.4) is 0 Å². The molecule has 0 saturated heterocycles. The van der Waals surface area contributed by atoms with Crippen molar-refractivity contribution >= 4 is 27.6 Å². The molecule has 4 nitrogen and oxygen atoms in total. The maximum Gasteiger partial charge on any atom is 0.288 e.